The first-order valence-corrected chi connectivity index (χ1v) is 7.19. The first-order chi connectivity index (χ1) is 9.06. The van der Waals surface area contributed by atoms with Crippen molar-refractivity contribution in [3.05, 3.63) is 18.2 Å². The average Bonchev–Trinajstić information content (AvgIpc) is 2.82. The van der Waals surface area contributed by atoms with Crippen molar-refractivity contribution in [2.45, 2.75) is 34.1 Å². The molecule has 0 saturated heterocycles. The van der Waals surface area contributed by atoms with E-state index < -0.39 is 0 Å². The first-order valence-electron chi connectivity index (χ1n) is 7.19. The van der Waals surface area contributed by atoms with Crippen molar-refractivity contribution >= 4 is 5.69 Å². The van der Waals surface area contributed by atoms with Gasteiger partial charge in [0.25, 0.3) is 0 Å². The van der Waals surface area contributed by atoms with Crippen LogP contribution in [-0.4, -0.2) is 13.3 Å². The van der Waals surface area contributed by atoms with Crippen molar-refractivity contribution < 1.29 is 9.47 Å². The molecular formula is C16H25NO2. The third-order valence-electron chi connectivity index (χ3n) is 3.82. The van der Waals surface area contributed by atoms with Crippen LogP contribution in [0.25, 0.3) is 0 Å². The van der Waals surface area contributed by atoms with Crippen molar-refractivity contribution in [3.63, 3.8) is 0 Å². The molecule has 0 saturated carbocycles. The molecule has 19 heavy (non-hydrogen) atoms. The summed E-state index contributed by atoms with van der Waals surface area (Å²) in [5.41, 5.74) is 1.10. The molecule has 2 rings (SSSR count). The molecule has 3 nitrogen and oxygen atoms in total. The van der Waals surface area contributed by atoms with Gasteiger partial charge in [-0.05, 0) is 36.3 Å². The molecule has 1 N–H and O–H groups in total. The van der Waals surface area contributed by atoms with Gasteiger partial charge in [-0.15, -0.1) is 0 Å². The van der Waals surface area contributed by atoms with Gasteiger partial charge in [0.2, 0.25) is 6.79 Å². The van der Waals surface area contributed by atoms with Crippen LogP contribution in [-0.2, 0) is 0 Å². The lowest BCUT2D eigenvalue weighted by Crippen LogP contribution is -2.19. The molecule has 0 bridgehead atoms. The van der Waals surface area contributed by atoms with Crippen LogP contribution < -0.4 is 14.8 Å². The van der Waals surface area contributed by atoms with Crippen LogP contribution in [0.3, 0.4) is 0 Å². The minimum absolute atomic E-state index is 0.334. The Morgan fingerprint density at radius 1 is 1.05 bits per heavy atom. The number of hydrogen-bond donors (Lipinski definition) is 1. The summed E-state index contributed by atoms with van der Waals surface area (Å²) in [5.74, 6) is 3.84. The normalized spacial score (nSPS) is 16.5. The van der Waals surface area contributed by atoms with Gasteiger partial charge < -0.3 is 14.8 Å². The van der Waals surface area contributed by atoms with E-state index in [0.29, 0.717) is 12.7 Å². The minimum atomic E-state index is 0.334. The van der Waals surface area contributed by atoms with Crippen molar-refractivity contribution in [1.82, 2.24) is 0 Å². The number of hydrogen-bond acceptors (Lipinski definition) is 3. The van der Waals surface area contributed by atoms with Gasteiger partial charge in [-0.2, -0.15) is 0 Å². The zero-order valence-corrected chi connectivity index (χ0v) is 12.4. The van der Waals surface area contributed by atoms with E-state index in [2.05, 4.69) is 33.0 Å². The molecule has 0 amide bonds. The van der Waals surface area contributed by atoms with Crippen LogP contribution >= 0.6 is 0 Å². The van der Waals surface area contributed by atoms with Gasteiger partial charge in [0, 0.05) is 18.3 Å². The Labute approximate surface area is 116 Å². The first kappa shape index (κ1) is 14.0. The highest BCUT2D eigenvalue weighted by Crippen LogP contribution is 2.34. The van der Waals surface area contributed by atoms with Gasteiger partial charge in [-0.1, -0.05) is 27.7 Å². The maximum Gasteiger partial charge on any atom is 0.231 e. The lowest BCUT2D eigenvalue weighted by Gasteiger charge is -2.22. The average molecular weight is 263 g/mol. The topological polar surface area (TPSA) is 30.5 Å². The highest BCUT2D eigenvalue weighted by Gasteiger charge is 2.15. The molecule has 1 aromatic carbocycles. The summed E-state index contributed by atoms with van der Waals surface area (Å²) in [7, 11) is 0. The second-order valence-corrected chi connectivity index (χ2v) is 6.03. The summed E-state index contributed by atoms with van der Waals surface area (Å²) in [5, 5.41) is 3.49. The van der Waals surface area contributed by atoms with E-state index in [0.717, 1.165) is 35.6 Å². The Morgan fingerprint density at radius 2 is 1.79 bits per heavy atom. The monoisotopic (exact) mass is 263 g/mol. The molecule has 1 aliphatic heterocycles. The summed E-state index contributed by atoms with van der Waals surface area (Å²) in [4.78, 5) is 0. The highest BCUT2D eigenvalue weighted by atomic mass is 16.7. The van der Waals surface area contributed by atoms with Crippen molar-refractivity contribution in [2.24, 2.45) is 17.8 Å². The summed E-state index contributed by atoms with van der Waals surface area (Å²) < 4.78 is 10.7. The van der Waals surface area contributed by atoms with Gasteiger partial charge in [0.1, 0.15) is 0 Å². The largest absolute Gasteiger partial charge is 0.454 e. The highest BCUT2D eigenvalue weighted by molar-refractivity contribution is 5.55. The van der Waals surface area contributed by atoms with Gasteiger partial charge in [0.15, 0.2) is 11.5 Å². The van der Waals surface area contributed by atoms with Crippen molar-refractivity contribution in [1.29, 1.82) is 0 Å². The molecule has 3 heteroatoms. The molecule has 0 radical (unpaired) electrons. The van der Waals surface area contributed by atoms with Gasteiger partial charge in [-0.25, -0.2) is 0 Å². The Kier molecular flexibility index (Phi) is 4.56. The Morgan fingerprint density at radius 3 is 2.53 bits per heavy atom. The van der Waals surface area contributed by atoms with Crippen LogP contribution in [0.15, 0.2) is 18.2 Å². The molecular weight excluding hydrogens is 238 g/mol. The SMILES string of the molecule is CC(C)CC(C)C(C)CNc1ccc2c(c1)OCO2. The number of benzene rings is 1. The number of fused-ring (bicyclic) bond motifs is 1. The fraction of sp³-hybridized carbons (Fsp3) is 0.625. The third-order valence-corrected chi connectivity index (χ3v) is 3.82. The predicted octanol–water partition coefficient (Wildman–Crippen LogP) is 4.15. The Balaban J connectivity index is 1.85. The fourth-order valence-electron chi connectivity index (χ4n) is 2.46. The van der Waals surface area contributed by atoms with E-state index in [1.54, 1.807) is 0 Å². The molecule has 1 aliphatic rings. The number of nitrogens with one attached hydrogen (secondary N) is 1. The molecule has 106 valence electrons. The van der Waals surface area contributed by atoms with E-state index in [1.807, 2.05) is 18.2 Å². The molecule has 1 aromatic rings. The fourth-order valence-corrected chi connectivity index (χ4v) is 2.46. The van der Waals surface area contributed by atoms with Crippen LogP contribution in [0.1, 0.15) is 34.1 Å². The second-order valence-electron chi connectivity index (χ2n) is 6.03. The smallest absolute Gasteiger partial charge is 0.231 e. The van der Waals surface area contributed by atoms with E-state index in [9.17, 15) is 0 Å². The van der Waals surface area contributed by atoms with E-state index >= 15 is 0 Å². The van der Waals surface area contributed by atoms with E-state index in [1.165, 1.54) is 6.42 Å². The summed E-state index contributed by atoms with van der Waals surface area (Å²) in [6.45, 7) is 10.6. The zero-order valence-electron chi connectivity index (χ0n) is 12.4. The predicted molar refractivity (Wildman–Crippen MR) is 78.8 cm³/mol. The molecule has 0 spiro atoms. The second kappa shape index (κ2) is 6.18. The molecule has 2 unspecified atom stereocenters. The Bertz CT molecular complexity index is 417. The van der Waals surface area contributed by atoms with Gasteiger partial charge in [-0.3, -0.25) is 0 Å². The van der Waals surface area contributed by atoms with E-state index in [-0.39, 0.29) is 0 Å². The lowest BCUT2D eigenvalue weighted by molar-refractivity contribution is 0.174. The number of rotatable bonds is 6. The maximum atomic E-state index is 5.38. The van der Waals surface area contributed by atoms with Gasteiger partial charge >= 0.3 is 0 Å². The van der Waals surface area contributed by atoms with Crippen LogP contribution in [0.5, 0.6) is 11.5 Å². The van der Waals surface area contributed by atoms with Crippen molar-refractivity contribution in [2.75, 3.05) is 18.7 Å². The Hall–Kier alpha value is -1.38. The molecule has 1 heterocycles. The number of anilines is 1. The van der Waals surface area contributed by atoms with Crippen LogP contribution in [0, 0.1) is 17.8 Å². The maximum absolute atomic E-state index is 5.38. The summed E-state index contributed by atoms with van der Waals surface area (Å²) in [6, 6.07) is 6.03. The summed E-state index contributed by atoms with van der Waals surface area (Å²) >= 11 is 0. The van der Waals surface area contributed by atoms with Crippen molar-refractivity contribution in [3.8, 4) is 11.5 Å². The zero-order chi connectivity index (χ0) is 13.8. The molecule has 0 fully saturated rings. The summed E-state index contributed by atoms with van der Waals surface area (Å²) in [6.07, 6.45) is 1.28. The number of ether oxygens (including phenoxy) is 2. The van der Waals surface area contributed by atoms with E-state index in [4.69, 9.17) is 9.47 Å². The standard InChI is InChI=1S/C16H25NO2/c1-11(2)7-12(3)13(4)9-17-14-5-6-15-16(8-14)19-10-18-15/h5-6,8,11-13,17H,7,9-10H2,1-4H3. The molecule has 0 aliphatic carbocycles. The quantitative estimate of drug-likeness (QED) is 0.836. The molecule has 2 atom stereocenters. The lowest BCUT2D eigenvalue weighted by atomic mass is 9.88. The molecule has 0 aromatic heterocycles. The van der Waals surface area contributed by atoms with Gasteiger partial charge in [0.05, 0.1) is 0 Å². The van der Waals surface area contributed by atoms with Crippen LogP contribution in [0.2, 0.25) is 0 Å². The minimum Gasteiger partial charge on any atom is -0.454 e. The van der Waals surface area contributed by atoms with Crippen LogP contribution in [0.4, 0.5) is 5.69 Å². The third kappa shape index (κ3) is 3.79.